The van der Waals surface area contributed by atoms with Crippen LogP contribution in [0.15, 0.2) is 39.8 Å². The van der Waals surface area contributed by atoms with Crippen molar-refractivity contribution < 1.29 is 0 Å². The Bertz CT molecular complexity index is 565. The lowest BCUT2D eigenvalue weighted by Gasteiger charge is -2.07. The quantitative estimate of drug-likeness (QED) is 0.792. The zero-order valence-electron chi connectivity index (χ0n) is 10.4. The molecule has 0 amide bonds. The molecule has 0 unspecified atom stereocenters. The molecule has 1 aromatic carbocycles. The van der Waals surface area contributed by atoms with Gasteiger partial charge in [0.2, 0.25) is 0 Å². The summed E-state index contributed by atoms with van der Waals surface area (Å²) in [4.78, 5) is 9.82. The molecular weight excluding hydrogens is 346 g/mol. The van der Waals surface area contributed by atoms with Crippen LogP contribution in [-0.2, 0) is 5.75 Å². The van der Waals surface area contributed by atoms with Crippen molar-refractivity contribution in [2.45, 2.75) is 17.6 Å². The molecule has 0 aliphatic rings. The Hall–Kier alpha value is -0.780. The van der Waals surface area contributed by atoms with E-state index in [1.807, 2.05) is 31.2 Å². The van der Waals surface area contributed by atoms with Gasteiger partial charge in [0.25, 0.3) is 0 Å². The van der Waals surface area contributed by atoms with E-state index in [9.17, 15) is 0 Å². The summed E-state index contributed by atoms with van der Waals surface area (Å²) >= 11 is 11.2. The van der Waals surface area contributed by atoms with Gasteiger partial charge in [0.15, 0.2) is 0 Å². The lowest BCUT2D eigenvalue weighted by atomic mass is 10.4. The number of anilines is 1. The fourth-order valence-electron chi connectivity index (χ4n) is 1.47. The lowest BCUT2D eigenvalue weighted by molar-refractivity contribution is 1.01. The van der Waals surface area contributed by atoms with Gasteiger partial charge in [-0.2, -0.15) is 0 Å². The van der Waals surface area contributed by atoms with Gasteiger partial charge in [-0.25, -0.2) is 9.97 Å². The van der Waals surface area contributed by atoms with Gasteiger partial charge in [0.1, 0.15) is 11.6 Å². The molecule has 0 bridgehead atoms. The Kier molecular flexibility index (Phi) is 5.48. The maximum atomic E-state index is 6.12. The highest BCUT2D eigenvalue weighted by atomic mass is 79.9. The van der Waals surface area contributed by atoms with E-state index in [1.165, 1.54) is 0 Å². The van der Waals surface area contributed by atoms with Crippen molar-refractivity contribution in [3.63, 3.8) is 0 Å². The Balaban J connectivity index is 2.07. The molecule has 2 rings (SSSR count). The van der Waals surface area contributed by atoms with Crippen molar-refractivity contribution in [3.05, 3.63) is 45.8 Å². The first-order valence-corrected chi connectivity index (χ1v) is 7.99. The van der Waals surface area contributed by atoms with Crippen molar-refractivity contribution >= 4 is 45.1 Å². The van der Waals surface area contributed by atoms with E-state index in [-0.39, 0.29) is 0 Å². The van der Waals surface area contributed by atoms with Gasteiger partial charge in [-0.1, -0.05) is 23.7 Å². The molecule has 6 heteroatoms. The van der Waals surface area contributed by atoms with Crippen LogP contribution in [0.5, 0.6) is 0 Å². The van der Waals surface area contributed by atoms with E-state index in [0.29, 0.717) is 5.75 Å². The predicted molar refractivity (Wildman–Crippen MR) is 84.9 cm³/mol. The van der Waals surface area contributed by atoms with Crippen LogP contribution < -0.4 is 5.32 Å². The summed E-state index contributed by atoms with van der Waals surface area (Å²) in [5.74, 6) is 2.30. The fourth-order valence-corrected chi connectivity index (χ4v) is 2.90. The molecular formula is C13H13BrClN3S. The molecule has 0 saturated heterocycles. The SMILES string of the molecule is CCNc1nc(CSc2ccccc2Cl)ncc1Br. The molecule has 1 heterocycles. The Labute approximate surface area is 130 Å². The highest BCUT2D eigenvalue weighted by Crippen LogP contribution is 2.29. The van der Waals surface area contributed by atoms with Crippen LogP contribution in [0.3, 0.4) is 0 Å². The summed E-state index contributed by atoms with van der Waals surface area (Å²) in [5, 5.41) is 3.95. The van der Waals surface area contributed by atoms with Gasteiger partial charge < -0.3 is 5.32 Å². The molecule has 1 N–H and O–H groups in total. The molecule has 19 heavy (non-hydrogen) atoms. The predicted octanol–water partition coefficient (Wildman–Crippen LogP) is 4.62. The fraction of sp³-hybridized carbons (Fsp3) is 0.231. The van der Waals surface area contributed by atoms with Crippen LogP contribution in [0, 0.1) is 0 Å². The maximum Gasteiger partial charge on any atom is 0.144 e. The van der Waals surface area contributed by atoms with Crippen molar-refractivity contribution in [1.29, 1.82) is 0 Å². The first-order chi connectivity index (χ1) is 9.20. The van der Waals surface area contributed by atoms with Gasteiger partial charge in [-0.3, -0.25) is 0 Å². The minimum Gasteiger partial charge on any atom is -0.369 e. The first-order valence-electron chi connectivity index (χ1n) is 5.83. The third kappa shape index (κ3) is 4.09. The maximum absolute atomic E-state index is 6.12. The zero-order valence-corrected chi connectivity index (χ0v) is 13.5. The van der Waals surface area contributed by atoms with Crippen molar-refractivity contribution in [2.24, 2.45) is 0 Å². The highest BCUT2D eigenvalue weighted by Gasteiger charge is 2.06. The summed E-state index contributed by atoms with van der Waals surface area (Å²) < 4.78 is 0.876. The van der Waals surface area contributed by atoms with E-state index in [1.54, 1.807) is 18.0 Å². The molecule has 0 fully saturated rings. The number of nitrogens with one attached hydrogen (secondary N) is 1. The summed E-state index contributed by atoms with van der Waals surface area (Å²) in [6.45, 7) is 2.86. The molecule has 0 atom stereocenters. The molecule has 0 spiro atoms. The van der Waals surface area contributed by atoms with Crippen LogP contribution in [0.2, 0.25) is 5.02 Å². The second-order valence-corrected chi connectivity index (χ2v) is 6.01. The zero-order chi connectivity index (χ0) is 13.7. The number of halogens is 2. The van der Waals surface area contributed by atoms with Gasteiger partial charge in [0, 0.05) is 17.6 Å². The van der Waals surface area contributed by atoms with Gasteiger partial charge in [-0.15, -0.1) is 11.8 Å². The monoisotopic (exact) mass is 357 g/mol. The summed E-state index contributed by atoms with van der Waals surface area (Å²) in [7, 11) is 0. The van der Waals surface area contributed by atoms with Crippen LogP contribution in [0.25, 0.3) is 0 Å². The third-order valence-corrected chi connectivity index (χ3v) is 4.42. The van der Waals surface area contributed by atoms with Crippen LogP contribution >= 0.6 is 39.3 Å². The van der Waals surface area contributed by atoms with Crippen LogP contribution in [0.1, 0.15) is 12.7 Å². The Morgan fingerprint density at radius 1 is 1.37 bits per heavy atom. The topological polar surface area (TPSA) is 37.8 Å². The number of hydrogen-bond acceptors (Lipinski definition) is 4. The minimum atomic E-state index is 0.690. The second kappa shape index (κ2) is 7.12. The average Bonchev–Trinajstić information content (AvgIpc) is 2.41. The summed E-state index contributed by atoms with van der Waals surface area (Å²) in [5.41, 5.74) is 0. The van der Waals surface area contributed by atoms with E-state index in [4.69, 9.17) is 11.6 Å². The third-order valence-electron chi connectivity index (χ3n) is 2.33. The second-order valence-electron chi connectivity index (χ2n) is 3.73. The highest BCUT2D eigenvalue weighted by molar-refractivity contribution is 9.10. The number of rotatable bonds is 5. The van der Waals surface area contributed by atoms with Crippen LogP contribution in [0.4, 0.5) is 5.82 Å². The minimum absolute atomic E-state index is 0.690. The molecule has 2 aromatic rings. The Morgan fingerprint density at radius 3 is 2.89 bits per heavy atom. The van der Waals surface area contributed by atoms with Gasteiger partial charge in [-0.05, 0) is 35.0 Å². The first kappa shape index (κ1) is 14.6. The van der Waals surface area contributed by atoms with E-state index in [2.05, 4.69) is 31.2 Å². The largest absolute Gasteiger partial charge is 0.369 e. The van der Waals surface area contributed by atoms with Gasteiger partial charge in [0.05, 0.1) is 15.2 Å². The number of nitrogens with zero attached hydrogens (tertiary/aromatic N) is 2. The van der Waals surface area contributed by atoms with Gasteiger partial charge >= 0.3 is 0 Å². The number of thioether (sulfide) groups is 1. The molecule has 0 aliphatic carbocycles. The molecule has 1 aromatic heterocycles. The van der Waals surface area contributed by atoms with Crippen molar-refractivity contribution in [1.82, 2.24) is 9.97 Å². The standard InChI is InChI=1S/C13H13BrClN3S/c1-2-16-13-9(14)7-17-12(18-13)8-19-11-6-4-3-5-10(11)15/h3-7H,2,8H2,1H3,(H,16,17,18). The van der Waals surface area contributed by atoms with Crippen LogP contribution in [-0.4, -0.2) is 16.5 Å². The van der Waals surface area contributed by atoms with E-state index < -0.39 is 0 Å². The number of hydrogen-bond donors (Lipinski definition) is 1. The smallest absolute Gasteiger partial charge is 0.144 e. The van der Waals surface area contributed by atoms with Crippen molar-refractivity contribution in [3.8, 4) is 0 Å². The number of aromatic nitrogens is 2. The molecule has 0 radical (unpaired) electrons. The molecule has 0 saturated carbocycles. The van der Waals surface area contributed by atoms with Crippen molar-refractivity contribution in [2.75, 3.05) is 11.9 Å². The number of benzene rings is 1. The summed E-state index contributed by atoms with van der Waals surface area (Å²) in [6, 6.07) is 7.78. The van der Waals surface area contributed by atoms with E-state index >= 15 is 0 Å². The van der Waals surface area contributed by atoms with E-state index in [0.717, 1.165) is 32.6 Å². The Morgan fingerprint density at radius 2 is 2.16 bits per heavy atom. The normalized spacial score (nSPS) is 10.5. The molecule has 3 nitrogen and oxygen atoms in total. The average molecular weight is 359 g/mol. The molecule has 0 aliphatic heterocycles. The molecule has 100 valence electrons. The summed E-state index contributed by atoms with van der Waals surface area (Å²) in [6.07, 6.45) is 1.77. The lowest BCUT2D eigenvalue weighted by Crippen LogP contribution is -2.03.